The molecule has 7 rings (SSSR count). The molecule has 1 saturated heterocycles. The van der Waals surface area contributed by atoms with Gasteiger partial charge in [-0.15, -0.1) is 11.3 Å². The summed E-state index contributed by atoms with van der Waals surface area (Å²) in [6.07, 6.45) is 7.75. The van der Waals surface area contributed by atoms with Gasteiger partial charge in [0.05, 0.1) is 5.69 Å². The fraction of sp³-hybridized carbons (Fsp3) is 0.567. The van der Waals surface area contributed by atoms with Crippen molar-refractivity contribution in [3.8, 4) is 11.3 Å². The van der Waals surface area contributed by atoms with Crippen LogP contribution in [0.25, 0.3) is 27.1 Å². The van der Waals surface area contributed by atoms with Gasteiger partial charge in [-0.05, 0) is 101 Å². The van der Waals surface area contributed by atoms with Crippen LogP contribution in [0, 0.1) is 32.6 Å². The largest absolute Gasteiger partial charge is 0.346 e. The molecule has 6 nitrogen and oxygen atoms in total. The highest BCUT2D eigenvalue weighted by molar-refractivity contribution is 8.00. The molecule has 202 valence electrons. The van der Waals surface area contributed by atoms with E-state index >= 15 is 0 Å². The number of hydrogen-bond acceptors (Lipinski definition) is 5. The van der Waals surface area contributed by atoms with Crippen molar-refractivity contribution in [1.82, 2.24) is 24.5 Å². The van der Waals surface area contributed by atoms with Crippen LogP contribution in [0.1, 0.15) is 72.1 Å². The van der Waals surface area contributed by atoms with Gasteiger partial charge in [-0.1, -0.05) is 13.8 Å². The van der Waals surface area contributed by atoms with E-state index in [-0.39, 0.29) is 0 Å². The number of rotatable bonds is 4. The van der Waals surface area contributed by atoms with Crippen molar-refractivity contribution in [2.45, 2.75) is 71.8 Å². The van der Waals surface area contributed by atoms with E-state index in [1.165, 1.54) is 63.0 Å². The highest BCUT2D eigenvalue weighted by Gasteiger charge is 2.49. The Morgan fingerprint density at radius 1 is 1.08 bits per heavy atom. The maximum absolute atomic E-state index is 12.4. The van der Waals surface area contributed by atoms with E-state index in [1.807, 2.05) is 15.9 Å². The van der Waals surface area contributed by atoms with Gasteiger partial charge in [0.25, 0.3) is 0 Å². The summed E-state index contributed by atoms with van der Waals surface area (Å²) in [5.41, 5.74) is 8.80. The summed E-state index contributed by atoms with van der Waals surface area (Å²) in [5, 5.41) is 5.90. The van der Waals surface area contributed by atoms with E-state index in [2.05, 4.69) is 66.7 Å². The lowest BCUT2D eigenvalue weighted by atomic mass is 9.82. The Morgan fingerprint density at radius 3 is 2.53 bits per heavy atom. The van der Waals surface area contributed by atoms with E-state index in [4.69, 9.17) is 0 Å². The van der Waals surface area contributed by atoms with Crippen molar-refractivity contribution in [1.29, 1.82) is 0 Å². The number of fused-ring (bicyclic) bond motifs is 4. The molecule has 1 aliphatic heterocycles. The van der Waals surface area contributed by atoms with Gasteiger partial charge < -0.3 is 4.98 Å². The first-order valence-electron chi connectivity index (χ1n) is 14.1. The number of hydrogen-bond donors (Lipinski definition) is 1. The van der Waals surface area contributed by atoms with Crippen molar-refractivity contribution < 1.29 is 4.21 Å². The molecule has 0 radical (unpaired) electrons. The van der Waals surface area contributed by atoms with Gasteiger partial charge in [0.1, 0.15) is 11.2 Å². The monoisotopic (exact) mass is 549 g/mol. The zero-order valence-electron chi connectivity index (χ0n) is 23.2. The number of aryl methyl sites for hydroxylation is 2. The second-order valence-corrected chi connectivity index (χ2v) is 16.3. The predicted molar refractivity (Wildman–Crippen MR) is 160 cm³/mol. The number of aromatic nitrogens is 4. The summed E-state index contributed by atoms with van der Waals surface area (Å²) in [6, 6.07) is 0.688. The van der Waals surface area contributed by atoms with Gasteiger partial charge in [0.2, 0.25) is 0 Å². The predicted octanol–water partition coefficient (Wildman–Crippen LogP) is 5.90. The van der Waals surface area contributed by atoms with Gasteiger partial charge in [0.15, 0.2) is 5.65 Å². The molecule has 0 amide bonds. The van der Waals surface area contributed by atoms with Crippen molar-refractivity contribution in [3.05, 3.63) is 39.7 Å². The summed E-state index contributed by atoms with van der Waals surface area (Å²) >= 11 is 2.01. The second-order valence-electron chi connectivity index (χ2n) is 12.5. The number of nitrogens with one attached hydrogen (secondary N) is 1. The lowest BCUT2D eigenvalue weighted by molar-refractivity contribution is 0.149. The average molecular weight is 550 g/mol. The Bertz CT molecular complexity index is 1660. The van der Waals surface area contributed by atoms with Crippen LogP contribution in [0.3, 0.4) is 0 Å². The van der Waals surface area contributed by atoms with Crippen molar-refractivity contribution in [2.24, 2.45) is 11.8 Å². The smallest absolute Gasteiger partial charge is 0.158 e. The summed E-state index contributed by atoms with van der Waals surface area (Å²) < 4.78 is 14.3. The molecule has 4 atom stereocenters. The number of pyridine rings is 1. The maximum atomic E-state index is 12.4. The van der Waals surface area contributed by atoms with Crippen LogP contribution in [0.5, 0.6) is 0 Å². The minimum absolute atomic E-state index is 0.415. The molecule has 1 N–H and O–H groups in total. The van der Waals surface area contributed by atoms with Crippen LogP contribution in [-0.2, 0) is 9.52 Å². The Hall–Kier alpha value is -2.16. The number of aromatic amines is 1. The molecule has 3 aliphatic rings. The molecule has 0 spiro atoms. The molecule has 2 aliphatic carbocycles. The number of H-pyrrole nitrogens is 1. The molecule has 4 aromatic heterocycles. The number of thiophene rings is 1. The highest BCUT2D eigenvalue weighted by Crippen LogP contribution is 2.57. The summed E-state index contributed by atoms with van der Waals surface area (Å²) in [7, 11) is -1.83. The Labute approximate surface area is 229 Å². The van der Waals surface area contributed by atoms with Crippen LogP contribution in [0.2, 0.25) is 0 Å². The van der Waals surface area contributed by atoms with E-state index in [0.29, 0.717) is 17.9 Å². The van der Waals surface area contributed by atoms with Crippen LogP contribution in [0.15, 0.2) is 12.5 Å². The summed E-state index contributed by atoms with van der Waals surface area (Å²) in [5.74, 6) is 8.19. The minimum Gasteiger partial charge on any atom is -0.346 e. The molecule has 0 aromatic carbocycles. The van der Waals surface area contributed by atoms with Gasteiger partial charge in [-0.3, -0.25) is 9.11 Å². The fourth-order valence-electron chi connectivity index (χ4n) is 7.97. The van der Waals surface area contributed by atoms with Crippen molar-refractivity contribution in [2.75, 3.05) is 24.6 Å². The third kappa shape index (κ3) is 3.66. The van der Waals surface area contributed by atoms with E-state index < -0.39 is 9.52 Å². The zero-order chi connectivity index (χ0) is 26.5. The first-order chi connectivity index (χ1) is 18.1. The third-order valence-corrected chi connectivity index (χ3v) is 13.3. The molecule has 38 heavy (non-hydrogen) atoms. The minimum atomic E-state index is -1.83. The molecule has 2 bridgehead atoms. The lowest BCUT2D eigenvalue weighted by Crippen LogP contribution is -2.48. The van der Waals surface area contributed by atoms with Crippen molar-refractivity contribution in [3.63, 3.8) is 0 Å². The van der Waals surface area contributed by atoms with Gasteiger partial charge >= 0.3 is 0 Å². The quantitative estimate of drug-likeness (QED) is 0.322. The average Bonchev–Trinajstić information content (AvgIpc) is 3.68. The third-order valence-electron chi connectivity index (χ3n) is 10.1. The molecular formula is C30H39N5OS2. The normalized spacial score (nSPS) is 27.4. The number of nitrogens with zero attached hydrogens (tertiary/aromatic N) is 4. The first kappa shape index (κ1) is 24.9. The van der Waals surface area contributed by atoms with Crippen LogP contribution < -0.4 is 0 Å². The molecule has 3 fully saturated rings. The molecular weight excluding hydrogens is 510 g/mol. The molecule has 2 saturated carbocycles. The molecule has 3 unspecified atom stereocenters. The van der Waals surface area contributed by atoms with Crippen molar-refractivity contribution >= 4 is 42.6 Å². The highest BCUT2D eigenvalue weighted by atomic mass is 32.2. The maximum Gasteiger partial charge on any atom is 0.158 e. The van der Waals surface area contributed by atoms with Gasteiger partial charge in [-0.25, -0.2) is 9.50 Å². The SMILES string of the molecule is C=S1(=O)CCN(C2C[C@@H]3CC2CC3c2sc3[nH]c(-c4cn5ncnc5c(C)c4C)c(C(C)C)c3c2C)CC1. The van der Waals surface area contributed by atoms with Gasteiger partial charge in [0, 0.05) is 52.7 Å². The van der Waals surface area contributed by atoms with Crippen LogP contribution in [0.4, 0.5) is 0 Å². The molecule has 8 heteroatoms. The molecule has 4 aromatic rings. The fourth-order valence-corrected chi connectivity index (χ4v) is 10.7. The molecule has 5 heterocycles. The van der Waals surface area contributed by atoms with Crippen LogP contribution in [-0.4, -0.2) is 65.2 Å². The first-order valence-corrected chi connectivity index (χ1v) is 17.0. The zero-order valence-corrected chi connectivity index (χ0v) is 24.8. The van der Waals surface area contributed by atoms with Crippen LogP contribution >= 0.6 is 11.3 Å². The Kier molecular flexibility index (Phi) is 5.67. The Morgan fingerprint density at radius 2 is 1.84 bits per heavy atom. The standard InChI is InChI=1S/C30H39N5OS2/c1-16(2)25-26-19(5)28(22-12-21-11-20(22)13-24(21)34-7-9-38(6,36)10-8-34)37-30(26)33-27(25)23-14-35-29(31-15-32-35)18(4)17(23)3/h14-16,20-22,24,33H,6-13H2,1-5H3/t20-,21?,22?,24?/m0/s1. The Balaban J connectivity index is 1.22. The van der Waals surface area contributed by atoms with E-state index in [1.54, 1.807) is 11.2 Å². The van der Waals surface area contributed by atoms with Gasteiger partial charge in [-0.2, -0.15) is 5.10 Å². The summed E-state index contributed by atoms with van der Waals surface area (Å²) in [6.45, 7) is 13.3. The second kappa shape index (κ2) is 8.67. The van der Waals surface area contributed by atoms with E-state index in [9.17, 15) is 4.21 Å². The van der Waals surface area contributed by atoms with E-state index in [0.717, 1.165) is 42.1 Å². The lowest BCUT2D eigenvalue weighted by Gasteiger charge is -2.39. The topological polar surface area (TPSA) is 66.3 Å². The summed E-state index contributed by atoms with van der Waals surface area (Å²) in [4.78, 5) is 14.0.